The van der Waals surface area contributed by atoms with Crippen LogP contribution in [0.25, 0.3) is 11.4 Å². The van der Waals surface area contributed by atoms with Crippen LogP contribution in [-0.2, 0) is 0 Å². The number of nitro groups is 1. The third-order valence-corrected chi connectivity index (χ3v) is 3.18. The summed E-state index contributed by atoms with van der Waals surface area (Å²) in [7, 11) is 0. The lowest BCUT2D eigenvalue weighted by Crippen LogP contribution is -2.13. The minimum Gasteiger partial charge on any atom is -0.268 e. The molecular formula is C13H10N6O2S. The molecule has 3 aromatic rings. The molecule has 8 nitrogen and oxygen atoms in total. The number of hydrogen-bond acceptors (Lipinski definition) is 6. The van der Waals surface area contributed by atoms with Gasteiger partial charge in [0.05, 0.1) is 4.92 Å². The molecule has 9 heteroatoms. The summed E-state index contributed by atoms with van der Waals surface area (Å²) < 4.78 is 1.72. The zero-order valence-electron chi connectivity index (χ0n) is 11.1. The van der Waals surface area contributed by atoms with Gasteiger partial charge in [-0.3, -0.25) is 15.5 Å². The Bertz CT molecular complexity index is 873. The maximum Gasteiger partial charge on any atom is 0.313 e. The molecule has 0 aliphatic heterocycles. The predicted octanol–water partition coefficient (Wildman–Crippen LogP) is 2.79. The van der Waals surface area contributed by atoms with E-state index in [9.17, 15) is 10.1 Å². The molecule has 0 aliphatic carbocycles. The SMILES string of the molecule is O=[N+]([O-])c1cccnc1Nn1c(-c2ccccc2)n[nH]c1=S. The third-order valence-electron chi connectivity index (χ3n) is 2.91. The van der Waals surface area contributed by atoms with Crippen LogP contribution in [0.3, 0.4) is 0 Å². The molecule has 0 aliphatic rings. The summed E-state index contributed by atoms with van der Waals surface area (Å²) in [5.41, 5.74) is 3.49. The van der Waals surface area contributed by atoms with E-state index in [1.807, 2.05) is 30.3 Å². The summed E-state index contributed by atoms with van der Waals surface area (Å²) in [5, 5.41) is 17.9. The van der Waals surface area contributed by atoms with Crippen LogP contribution in [0.5, 0.6) is 0 Å². The monoisotopic (exact) mass is 314 g/mol. The number of pyridine rings is 1. The van der Waals surface area contributed by atoms with Crippen molar-refractivity contribution in [1.82, 2.24) is 19.9 Å². The van der Waals surface area contributed by atoms with Gasteiger partial charge in [0.25, 0.3) is 0 Å². The topological polar surface area (TPSA) is 102 Å². The van der Waals surface area contributed by atoms with Crippen LogP contribution in [0.4, 0.5) is 11.5 Å². The van der Waals surface area contributed by atoms with Crippen LogP contribution < -0.4 is 5.43 Å². The molecule has 0 bridgehead atoms. The first-order valence-corrected chi connectivity index (χ1v) is 6.67. The first-order chi connectivity index (χ1) is 10.7. The van der Waals surface area contributed by atoms with Gasteiger partial charge in [0.2, 0.25) is 10.6 Å². The van der Waals surface area contributed by atoms with Crippen LogP contribution in [0.2, 0.25) is 0 Å². The minimum atomic E-state index is -0.513. The van der Waals surface area contributed by atoms with E-state index in [0.29, 0.717) is 5.82 Å². The highest BCUT2D eigenvalue weighted by atomic mass is 32.1. The maximum atomic E-state index is 11.1. The predicted molar refractivity (Wildman–Crippen MR) is 82.8 cm³/mol. The Balaban J connectivity index is 2.06. The van der Waals surface area contributed by atoms with Gasteiger partial charge in [0, 0.05) is 17.8 Å². The molecule has 22 heavy (non-hydrogen) atoms. The Labute approximate surface area is 129 Å². The molecule has 2 N–H and O–H groups in total. The highest BCUT2D eigenvalue weighted by Crippen LogP contribution is 2.22. The van der Waals surface area contributed by atoms with Crippen LogP contribution >= 0.6 is 12.2 Å². The number of hydrogen-bond donors (Lipinski definition) is 2. The standard InChI is InChI=1S/C13H10N6O2S/c20-19(21)10-7-4-8-14-11(10)17-18-12(15-16-13(18)22)9-5-2-1-3-6-9/h1-8H,(H,14,17)(H,16,22). The minimum absolute atomic E-state index is 0.0854. The summed E-state index contributed by atoms with van der Waals surface area (Å²) >= 11 is 5.17. The third kappa shape index (κ3) is 2.56. The normalized spacial score (nSPS) is 10.4. The second-order valence-electron chi connectivity index (χ2n) is 4.29. The highest BCUT2D eigenvalue weighted by molar-refractivity contribution is 7.71. The lowest BCUT2D eigenvalue weighted by Gasteiger charge is -2.09. The van der Waals surface area contributed by atoms with Gasteiger partial charge in [-0.25, -0.2) is 14.8 Å². The van der Waals surface area contributed by atoms with Gasteiger partial charge >= 0.3 is 5.69 Å². The van der Waals surface area contributed by atoms with Crippen LogP contribution in [0, 0.1) is 14.9 Å². The highest BCUT2D eigenvalue weighted by Gasteiger charge is 2.17. The first kappa shape index (κ1) is 13.9. The van der Waals surface area contributed by atoms with E-state index >= 15 is 0 Å². The lowest BCUT2D eigenvalue weighted by atomic mass is 10.2. The van der Waals surface area contributed by atoms with Gasteiger partial charge in [-0.05, 0) is 18.3 Å². The summed E-state index contributed by atoms with van der Waals surface area (Å²) in [6.07, 6.45) is 1.46. The maximum absolute atomic E-state index is 11.1. The van der Waals surface area contributed by atoms with Gasteiger partial charge in [0.1, 0.15) is 0 Å². The summed E-state index contributed by atoms with van der Waals surface area (Å²) in [6.45, 7) is 0. The summed E-state index contributed by atoms with van der Waals surface area (Å²) in [4.78, 5) is 14.5. The molecular weight excluding hydrogens is 304 g/mol. The smallest absolute Gasteiger partial charge is 0.268 e. The van der Waals surface area contributed by atoms with Gasteiger partial charge in [-0.15, -0.1) is 0 Å². The molecule has 2 heterocycles. The van der Waals surface area contributed by atoms with Crippen molar-refractivity contribution in [3.05, 3.63) is 63.5 Å². The first-order valence-electron chi connectivity index (χ1n) is 6.26. The Morgan fingerprint density at radius 1 is 1.23 bits per heavy atom. The molecule has 0 radical (unpaired) electrons. The number of nitrogens with one attached hydrogen (secondary N) is 2. The van der Waals surface area contributed by atoms with Crippen molar-refractivity contribution in [2.45, 2.75) is 0 Å². The molecule has 2 aromatic heterocycles. The molecule has 0 amide bonds. The molecule has 110 valence electrons. The zero-order chi connectivity index (χ0) is 15.5. The van der Waals surface area contributed by atoms with Crippen molar-refractivity contribution in [3.63, 3.8) is 0 Å². The average molecular weight is 314 g/mol. The zero-order valence-corrected chi connectivity index (χ0v) is 11.9. The molecule has 1 aromatic carbocycles. The number of anilines is 1. The van der Waals surface area contributed by atoms with E-state index in [0.717, 1.165) is 5.56 Å². The van der Waals surface area contributed by atoms with Crippen molar-refractivity contribution >= 4 is 23.7 Å². The van der Waals surface area contributed by atoms with Crippen molar-refractivity contribution in [1.29, 1.82) is 0 Å². The molecule has 0 atom stereocenters. The number of rotatable bonds is 4. The fourth-order valence-electron chi connectivity index (χ4n) is 1.92. The van der Waals surface area contributed by atoms with Gasteiger partial charge in [-0.2, -0.15) is 5.10 Å². The van der Waals surface area contributed by atoms with Gasteiger partial charge in [-0.1, -0.05) is 30.3 Å². The summed E-state index contributed by atoms with van der Waals surface area (Å²) in [6, 6.07) is 12.2. The molecule has 0 spiro atoms. The number of aromatic nitrogens is 4. The van der Waals surface area contributed by atoms with E-state index in [2.05, 4.69) is 20.6 Å². The second-order valence-corrected chi connectivity index (χ2v) is 4.68. The number of nitrogens with zero attached hydrogens (tertiary/aromatic N) is 4. The van der Waals surface area contributed by atoms with E-state index in [1.165, 1.54) is 23.0 Å². The molecule has 0 saturated heterocycles. The lowest BCUT2D eigenvalue weighted by molar-refractivity contribution is -0.384. The van der Waals surface area contributed by atoms with E-state index < -0.39 is 4.92 Å². The number of H-pyrrole nitrogens is 1. The van der Waals surface area contributed by atoms with E-state index in [1.54, 1.807) is 0 Å². The Hall–Kier alpha value is -3.07. The van der Waals surface area contributed by atoms with Crippen molar-refractivity contribution in [2.24, 2.45) is 0 Å². The quantitative estimate of drug-likeness (QED) is 0.436. The molecule has 3 rings (SSSR count). The fourth-order valence-corrected chi connectivity index (χ4v) is 2.10. The Morgan fingerprint density at radius 2 is 2.00 bits per heavy atom. The summed E-state index contributed by atoms with van der Waals surface area (Å²) in [5.74, 6) is 0.590. The van der Waals surface area contributed by atoms with Crippen molar-refractivity contribution in [3.8, 4) is 11.4 Å². The van der Waals surface area contributed by atoms with Gasteiger partial charge in [0.15, 0.2) is 5.82 Å². The molecule has 0 unspecified atom stereocenters. The van der Waals surface area contributed by atoms with Crippen molar-refractivity contribution < 1.29 is 4.92 Å². The Morgan fingerprint density at radius 3 is 2.73 bits per heavy atom. The van der Waals surface area contributed by atoms with E-state index in [4.69, 9.17) is 12.2 Å². The largest absolute Gasteiger partial charge is 0.313 e. The van der Waals surface area contributed by atoms with Gasteiger partial charge < -0.3 is 0 Å². The second kappa shape index (κ2) is 5.74. The molecule has 0 fully saturated rings. The van der Waals surface area contributed by atoms with Crippen LogP contribution in [-0.4, -0.2) is 24.8 Å². The fraction of sp³-hybridized carbons (Fsp3) is 0. The average Bonchev–Trinajstić information content (AvgIpc) is 2.90. The van der Waals surface area contributed by atoms with Crippen LogP contribution in [0.1, 0.15) is 0 Å². The number of benzene rings is 1. The van der Waals surface area contributed by atoms with Crippen LogP contribution in [0.15, 0.2) is 48.7 Å². The Kier molecular flexibility index (Phi) is 3.62. The number of aromatic amines is 1. The van der Waals surface area contributed by atoms with Crippen molar-refractivity contribution in [2.75, 3.05) is 5.43 Å². The van der Waals surface area contributed by atoms with E-state index in [-0.39, 0.29) is 16.3 Å². The molecule has 0 saturated carbocycles.